The number of esters is 1. The van der Waals surface area contributed by atoms with Gasteiger partial charge in [0.1, 0.15) is 0 Å². The van der Waals surface area contributed by atoms with E-state index in [2.05, 4.69) is 11.4 Å². The second kappa shape index (κ2) is 6.81. The van der Waals surface area contributed by atoms with Crippen LogP contribution in [0.3, 0.4) is 0 Å². The predicted molar refractivity (Wildman–Crippen MR) is 107 cm³/mol. The number of hydrogen-bond donors (Lipinski definition) is 1. The molecule has 1 N–H and O–H groups in total. The molecule has 1 unspecified atom stereocenters. The highest BCUT2D eigenvalue weighted by Crippen LogP contribution is 2.35. The highest BCUT2D eigenvalue weighted by atomic mass is 16.7. The molecule has 2 aliphatic rings. The molecule has 5 rings (SSSR count). The van der Waals surface area contributed by atoms with Gasteiger partial charge in [-0.05, 0) is 59.9 Å². The lowest BCUT2D eigenvalue weighted by atomic mass is 10.00. The highest BCUT2D eigenvalue weighted by Gasteiger charge is 2.23. The summed E-state index contributed by atoms with van der Waals surface area (Å²) in [5, 5.41) is 4.76. The summed E-state index contributed by atoms with van der Waals surface area (Å²) in [7, 11) is 0. The highest BCUT2D eigenvalue weighted by molar-refractivity contribution is 6.08. The zero-order valence-electron chi connectivity index (χ0n) is 15.9. The van der Waals surface area contributed by atoms with Gasteiger partial charge in [-0.25, -0.2) is 4.79 Å². The maximum absolute atomic E-state index is 12.8. The van der Waals surface area contributed by atoms with E-state index in [0.717, 1.165) is 23.6 Å². The first kappa shape index (κ1) is 17.6. The van der Waals surface area contributed by atoms with Gasteiger partial charge in [0.25, 0.3) is 5.91 Å². The Morgan fingerprint density at radius 3 is 2.66 bits per heavy atom. The number of rotatable bonds is 4. The molecule has 1 aliphatic heterocycles. The summed E-state index contributed by atoms with van der Waals surface area (Å²) < 4.78 is 16.0. The van der Waals surface area contributed by atoms with Gasteiger partial charge >= 0.3 is 5.97 Å². The van der Waals surface area contributed by atoms with Gasteiger partial charge in [-0.2, -0.15) is 0 Å². The molecule has 1 atom stereocenters. The molecule has 6 nitrogen and oxygen atoms in total. The molecule has 0 bridgehead atoms. The third-order valence-electron chi connectivity index (χ3n) is 5.39. The summed E-state index contributed by atoms with van der Waals surface area (Å²) in [6.45, 7) is 1.72. The van der Waals surface area contributed by atoms with E-state index in [0.29, 0.717) is 22.7 Å². The van der Waals surface area contributed by atoms with Gasteiger partial charge in [-0.1, -0.05) is 24.3 Å². The molecule has 1 aliphatic carbocycles. The van der Waals surface area contributed by atoms with Crippen molar-refractivity contribution in [3.05, 3.63) is 65.2 Å². The lowest BCUT2D eigenvalue weighted by molar-refractivity contribution is -0.123. The lowest BCUT2D eigenvalue weighted by Gasteiger charge is -2.15. The van der Waals surface area contributed by atoms with E-state index in [-0.39, 0.29) is 6.79 Å². The number of ether oxygens (including phenoxy) is 3. The van der Waals surface area contributed by atoms with Crippen molar-refractivity contribution >= 4 is 28.3 Å². The van der Waals surface area contributed by atoms with E-state index < -0.39 is 18.0 Å². The Morgan fingerprint density at radius 2 is 1.79 bits per heavy atom. The Hall–Kier alpha value is -3.54. The van der Waals surface area contributed by atoms with Crippen molar-refractivity contribution in [2.24, 2.45) is 0 Å². The van der Waals surface area contributed by atoms with E-state index in [9.17, 15) is 9.59 Å². The molecule has 0 aromatic heterocycles. The van der Waals surface area contributed by atoms with Crippen molar-refractivity contribution in [1.82, 2.24) is 0 Å². The largest absolute Gasteiger partial charge is 0.454 e. The second-order valence-corrected chi connectivity index (χ2v) is 7.22. The van der Waals surface area contributed by atoms with Crippen LogP contribution in [0.5, 0.6) is 11.5 Å². The minimum atomic E-state index is -0.948. The van der Waals surface area contributed by atoms with Crippen LogP contribution in [0.15, 0.2) is 48.5 Å². The van der Waals surface area contributed by atoms with Crippen LogP contribution in [0.25, 0.3) is 10.8 Å². The number of aryl methyl sites for hydroxylation is 2. The van der Waals surface area contributed by atoms with E-state index in [4.69, 9.17) is 14.2 Å². The summed E-state index contributed by atoms with van der Waals surface area (Å²) in [4.78, 5) is 25.3. The monoisotopic (exact) mass is 389 g/mol. The molecule has 0 saturated heterocycles. The molecule has 0 radical (unpaired) electrons. The third-order valence-corrected chi connectivity index (χ3v) is 5.39. The Kier molecular flexibility index (Phi) is 4.12. The van der Waals surface area contributed by atoms with Crippen molar-refractivity contribution in [1.29, 1.82) is 0 Å². The van der Waals surface area contributed by atoms with Gasteiger partial charge in [0.05, 0.1) is 5.56 Å². The molecule has 1 amide bonds. The van der Waals surface area contributed by atoms with Gasteiger partial charge in [0.15, 0.2) is 17.6 Å². The van der Waals surface area contributed by atoms with Crippen molar-refractivity contribution in [3.8, 4) is 11.5 Å². The number of carbonyl (C=O) groups excluding carboxylic acids is 2. The average Bonchev–Trinajstić information content (AvgIpc) is 3.36. The number of fused-ring (bicyclic) bond motifs is 1. The zero-order valence-corrected chi connectivity index (χ0v) is 15.9. The minimum absolute atomic E-state index is 0.162. The Morgan fingerprint density at radius 1 is 1.00 bits per heavy atom. The van der Waals surface area contributed by atoms with Gasteiger partial charge < -0.3 is 19.5 Å². The smallest absolute Gasteiger partial charge is 0.339 e. The van der Waals surface area contributed by atoms with Crippen LogP contribution >= 0.6 is 0 Å². The van der Waals surface area contributed by atoms with Crippen LogP contribution in [-0.2, 0) is 22.4 Å². The molecular formula is C23H19NO5. The molecule has 0 fully saturated rings. The summed E-state index contributed by atoms with van der Waals surface area (Å²) in [5.74, 6) is 0.284. The van der Waals surface area contributed by atoms with Crippen LogP contribution in [0.2, 0.25) is 0 Å². The van der Waals surface area contributed by atoms with Crippen molar-refractivity contribution < 1.29 is 23.8 Å². The molecule has 3 aromatic rings. The van der Waals surface area contributed by atoms with Gasteiger partial charge in [-0.3, -0.25) is 4.79 Å². The van der Waals surface area contributed by atoms with E-state index in [1.54, 1.807) is 31.2 Å². The fourth-order valence-corrected chi connectivity index (χ4v) is 3.92. The van der Waals surface area contributed by atoms with E-state index in [1.807, 2.05) is 18.2 Å². The number of benzene rings is 3. The molecule has 0 saturated carbocycles. The standard InChI is InChI=1S/C23H19NO5/c1-13(22(25)24-16-8-10-19-20(11-16)28-12-27-19)29-23(26)18-9-7-15-6-5-14-3-2-4-17(18)21(14)15/h2-4,7-11,13H,5-6,12H2,1H3,(H,24,25). The summed E-state index contributed by atoms with van der Waals surface area (Å²) >= 11 is 0. The fourth-order valence-electron chi connectivity index (χ4n) is 3.92. The first-order valence-corrected chi connectivity index (χ1v) is 9.55. The first-order chi connectivity index (χ1) is 14.1. The molecular weight excluding hydrogens is 370 g/mol. The Balaban J connectivity index is 1.32. The third kappa shape index (κ3) is 3.06. The van der Waals surface area contributed by atoms with E-state index >= 15 is 0 Å². The molecule has 29 heavy (non-hydrogen) atoms. The second-order valence-electron chi connectivity index (χ2n) is 7.22. The van der Waals surface area contributed by atoms with Crippen molar-refractivity contribution in [2.75, 3.05) is 12.1 Å². The normalized spacial score (nSPS) is 14.7. The van der Waals surface area contributed by atoms with E-state index in [1.165, 1.54) is 11.1 Å². The number of carbonyl (C=O) groups is 2. The Bertz CT molecular complexity index is 1140. The lowest BCUT2D eigenvalue weighted by Crippen LogP contribution is -2.30. The summed E-state index contributed by atoms with van der Waals surface area (Å²) in [6.07, 6.45) is 1.02. The molecule has 1 heterocycles. The van der Waals surface area contributed by atoms with Crippen molar-refractivity contribution in [2.45, 2.75) is 25.9 Å². The summed E-state index contributed by atoms with van der Waals surface area (Å²) in [5.41, 5.74) is 3.53. The van der Waals surface area contributed by atoms with Gasteiger partial charge in [-0.15, -0.1) is 0 Å². The number of anilines is 1. The van der Waals surface area contributed by atoms with Crippen LogP contribution in [0.1, 0.15) is 28.4 Å². The number of nitrogens with one attached hydrogen (secondary N) is 1. The number of amides is 1. The molecule has 3 aromatic carbocycles. The molecule has 6 heteroatoms. The summed E-state index contributed by atoms with van der Waals surface area (Å²) in [6, 6.07) is 14.9. The Labute approximate surface area is 167 Å². The zero-order chi connectivity index (χ0) is 20.0. The first-order valence-electron chi connectivity index (χ1n) is 9.55. The number of hydrogen-bond acceptors (Lipinski definition) is 5. The van der Waals surface area contributed by atoms with Crippen LogP contribution in [0.4, 0.5) is 5.69 Å². The predicted octanol–water partition coefficient (Wildman–Crippen LogP) is 3.85. The van der Waals surface area contributed by atoms with Crippen LogP contribution < -0.4 is 14.8 Å². The quantitative estimate of drug-likeness (QED) is 0.686. The molecule has 0 spiro atoms. The fraction of sp³-hybridized carbons (Fsp3) is 0.217. The topological polar surface area (TPSA) is 73.9 Å². The minimum Gasteiger partial charge on any atom is -0.454 e. The van der Waals surface area contributed by atoms with Crippen molar-refractivity contribution in [3.63, 3.8) is 0 Å². The van der Waals surface area contributed by atoms with Gasteiger partial charge in [0, 0.05) is 11.8 Å². The SMILES string of the molecule is CC(OC(=O)c1ccc2c3c(cccc13)CC2)C(=O)Nc1ccc2c(c1)OCO2. The molecule has 146 valence electrons. The average molecular weight is 389 g/mol. The van der Waals surface area contributed by atoms with Crippen LogP contribution in [0, 0.1) is 0 Å². The maximum atomic E-state index is 12.8. The van der Waals surface area contributed by atoms with Gasteiger partial charge in [0.2, 0.25) is 6.79 Å². The maximum Gasteiger partial charge on any atom is 0.339 e. The van der Waals surface area contributed by atoms with Crippen LogP contribution in [-0.4, -0.2) is 24.8 Å².